The van der Waals surface area contributed by atoms with Crippen LogP contribution in [0.15, 0.2) is 51.7 Å². The van der Waals surface area contributed by atoms with Crippen LogP contribution in [0.2, 0.25) is 0 Å². The zero-order valence-electron chi connectivity index (χ0n) is 23.3. The van der Waals surface area contributed by atoms with Gasteiger partial charge in [0.2, 0.25) is 5.95 Å². The summed E-state index contributed by atoms with van der Waals surface area (Å²) in [7, 11) is 0. The number of carbonyl (C=O) groups is 2. The molecule has 0 fully saturated rings. The highest BCUT2D eigenvalue weighted by Gasteiger charge is 2.35. The lowest BCUT2D eigenvalue weighted by Crippen LogP contribution is -2.44. The van der Waals surface area contributed by atoms with E-state index in [1.807, 2.05) is 30.3 Å². The van der Waals surface area contributed by atoms with Crippen molar-refractivity contribution in [3.05, 3.63) is 68.9 Å². The number of rotatable bonds is 4. The fraction of sp³-hybridized carbons (Fsp3) is 0.333. The van der Waals surface area contributed by atoms with E-state index in [4.69, 9.17) is 15.2 Å². The molecule has 0 radical (unpaired) electrons. The molecule has 2 N–H and O–H groups in total. The number of anilines is 2. The molecule has 14 heteroatoms. The van der Waals surface area contributed by atoms with Gasteiger partial charge >= 0.3 is 17.9 Å². The number of nitrogens with two attached hydrogens (primary N) is 1. The number of halogens is 2. The van der Waals surface area contributed by atoms with Crippen LogP contribution >= 0.6 is 15.9 Å². The molecule has 0 spiro atoms. The Kier molecular flexibility index (Phi) is 7.89. The normalized spacial score (nSPS) is 11.9. The van der Waals surface area contributed by atoms with E-state index in [-0.39, 0.29) is 23.8 Å². The first-order valence-corrected chi connectivity index (χ1v) is 13.3. The zero-order chi connectivity index (χ0) is 30.3. The van der Waals surface area contributed by atoms with Gasteiger partial charge in [0.15, 0.2) is 17.3 Å². The molecule has 4 rings (SSSR count). The zero-order valence-corrected chi connectivity index (χ0v) is 24.9. The second-order valence-electron chi connectivity index (χ2n) is 11.0. The lowest BCUT2D eigenvalue weighted by atomic mass is 10.1. The molecule has 4 aromatic rings. The van der Waals surface area contributed by atoms with Crippen molar-refractivity contribution < 1.29 is 23.5 Å². The van der Waals surface area contributed by atoms with Crippen LogP contribution in [0.1, 0.15) is 47.2 Å². The number of carbonyl (C=O) groups excluding carboxylic acids is 2. The second kappa shape index (κ2) is 10.9. The maximum atomic E-state index is 15.1. The molecule has 0 aliphatic heterocycles. The quantitative estimate of drug-likeness (QED) is 0.323. The van der Waals surface area contributed by atoms with E-state index < -0.39 is 40.7 Å². The minimum atomic E-state index is -1.18. The van der Waals surface area contributed by atoms with Gasteiger partial charge in [-0.25, -0.2) is 37.8 Å². The fourth-order valence-corrected chi connectivity index (χ4v) is 4.27. The summed E-state index contributed by atoms with van der Waals surface area (Å²) in [5.74, 6) is -1.74. The fourth-order valence-electron chi connectivity index (χ4n) is 3.70. The van der Waals surface area contributed by atoms with E-state index in [1.54, 1.807) is 41.5 Å². The van der Waals surface area contributed by atoms with Crippen LogP contribution in [0.5, 0.6) is 0 Å². The molecule has 1 aromatic carbocycles. The first kappa shape index (κ1) is 29.6. The van der Waals surface area contributed by atoms with Crippen molar-refractivity contribution in [3.8, 4) is 11.3 Å². The standard InChI is InChI=1S/C27H29BrFN7O5/c1-26(2,3)40-24(38)36(25(39)41-27(4,5)6)20-17(29)13-12-16(31-20)14-34-23(37)35-21(33-34)18(28)19(32-22(35)30)15-10-8-7-9-11-15/h7-13H,14H2,1-6H3,(H2,30,32). The number of pyridine rings is 1. The molecule has 41 heavy (non-hydrogen) atoms. The number of aromatic nitrogens is 5. The highest BCUT2D eigenvalue weighted by atomic mass is 79.9. The number of fused-ring (bicyclic) bond motifs is 1. The van der Waals surface area contributed by atoms with Gasteiger partial charge in [0, 0.05) is 5.56 Å². The SMILES string of the molecule is CC(C)(C)OC(=O)N(C(=O)OC(C)(C)C)c1nc(Cn2nc3c(Br)c(-c4ccccc4)nc(N)n3c2=O)ccc1F. The molecule has 0 bridgehead atoms. The number of imide groups is 1. The topological polar surface area (TPSA) is 147 Å². The Morgan fingerprint density at radius 3 is 2.12 bits per heavy atom. The molecule has 0 aliphatic rings. The number of nitrogen functional groups attached to an aromatic ring is 1. The van der Waals surface area contributed by atoms with E-state index in [9.17, 15) is 14.4 Å². The second-order valence-corrected chi connectivity index (χ2v) is 11.8. The number of ether oxygens (including phenoxy) is 2. The van der Waals surface area contributed by atoms with Crippen LogP contribution in [0.4, 0.5) is 25.7 Å². The van der Waals surface area contributed by atoms with Crippen LogP contribution in [-0.2, 0) is 16.0 Å². The Morgan fingerprint density at radius 1 is 0.976 bits per heavy atom. The van der Waals surface area contributed by atoms with Gasteiger partial charge in [-0.15, -0.1) is 5.10 Å². The van der Waals surface area contributed by atoms with E-state index in [2.05, 4.69) is 31.0 Å². The Bertz CT molecular complexity index is 1660. The van der Waals surface area contributed by atoms with Crippen LogP contribution in [0.3, 0.4) is 0 Å². The largest absolute Gasteiger partial charge is 0.443 e. The summed E-state index contributed by atoms with van der Waals surface area (Å²) < 4.78 is 28.3. The average molecular weight is 630 g/mol. The molecule has 0 aliphatic carbocycles. The van der Waals surface area contributed by atoms with Gasteiger partial charge in [0.05, 0.1) is 22.4 Å². The monoisotopic (exact) mass is 629 g/mol. The highest BCUT2D eigenvalue weighted by molar-refractivity contribution is 9.10. The van der Waals surface area contributed by atoms with Crippen LogP contribution < -0.4 is 16.3 Å². The number of nitrogens with zero attached hydrogens (tertiary/aromatic N) is 6. The lowest BCUT2D eigenvalue weighted by Gasteiger charge is -2.28. The van der Waals surface area contributed by atoms with Gasteiger partial charge in [-0.3, -0.25) is 0 Å². The minimum absolute atomic E-state index is 0.0907. The first-order valence-electron chi connectivity index (χ1n) is 12.5. The van der Waals surface area contributed by atoms with Gasteiger partial charge in [0.25, 0.3) is 0 Å². The van der Waals surface area contributed by atoms with Gasteiger partial charge < -0.3 is 15.2 Å². The van der Waals surface area contributed by atoms with Crippen LogP contribution in [0, 0.1) is 5.82 Å². The molecule has 0 saturated carbocycles. The van der Waals surface area contributed by atoms with Crippen molar-refractivity contribution >= 4 is 45.5 Å². The average Bonchev–Trinajstić information content (AvgIpc) is 3.18. The predicted octanol–water partition coefficient (Wildman–Crippen LogP) is 5.16. The molecular weight excluding hydrogens is 601 g/mol. The minimum Gasteiger partial charge on any atom is -0.443 e. The predicted molar refractivity (Wildman–Crippen MR) is 153 cm³/mol. The third-order valence-corrected chi connectivity index (χ3v) is 6.04. The van der Waals surface area contributed by atoms with Crippen LogP contribution in [0.25, 0.3) is 16.9 Å². The summed E-state index contributed by atoms with van der Waals surface area (Å²) in [6.45, 7) is 9.31. The van der Waals surface area contributed by atoms with Crippen molar-refractivity contribution in [1.82, 2.24) is 24.1 Å². The summed E-state index contributed by atoms with van der Waals surface area (Å²) in [4.78, 5) is 48.2. The van der Waals surface area contributed by atoms with Crippen molar-refractivity contribution in [3.63, 3.8) is 0 Å². The Hall–Kier alpha value is -4.33. The molecule has 12 nitrogen and oxygen atoms in total. The Labute approximate surface area is 243 Å². The smallest absolute Gasteiger partial charge is 0.425 e. The lowest BCUT2D eigenvalue weighted by molar-refractivity contribution is 0.0427. The van der Waals surface area contributed by atoms with Crippen molar-refractivity contribution in [1.29, 1.82) is 0 Å². The maximum Gasteiger partial charge on any atom is 0.425 e. The van der Waals surface area contributed by atoms with Gasteiger partial charge in [-0.05, 0) is 69.6 Å². The van der Waals surface area contributed by atoms with E-state index >= 15 is 4.39 Å². The first-order chi connectivity index (χ1) is 19.1. The third kappa shape index (κ3) is 6.53. The summed E-state index contributed by atoms with van der Waals surface area (Å²) in [5.41, 5.74) is 5.03. The molecule has 3 aromatic heterocycles. The van der Waals surface area contributed by atoms with Crippen molar-refractivity contribution in [2.75, 3.05) is 10.6 Å². The number of benzene rings is 1. The van der Waals surface area contributed by atoms with Crippen molar-refractivity contribution in [2.24, 2.45) is 0 Å². The number of hydrogen-bond donors (Lipinski definition) is 1. The number of hydrogen-bond acceptors (Lipinski definition) is 9. The van der Waals surface area contributed by atoms with E-state index in [0.29, 0.717) is 15.1 Å². The molecule has 216 valence electrons. The van der Waals surface area contributed by atoms with Gasteiger partial charge in [-0.2, -0.15) is 4.90 Å². The molecule has 3 heterocycles. The summed E-state index contributed by atoms with van der Waals surface area (Å²) in [6, 6.07) is 11.5. The molecule has 0 saturated heterocycles. The Balaban J connectivity index is 1.77. The van der Waals surface area contributed by atoms with Gasteiger partial charge in [-0.1, -0.05) is 30.3 Å². The van der Waals surface area contributed by atoms with E-state index in [0.717, 1.165) is 20.7 Å². The van der Waals surface area contributed by atoms with Crippen molar-refractivity contribution in [2.45, 2.75) is 59.3 Å². The summed E-state index contributed by atoms with van der Waals surface area (Å²) >= 11 is 3.48. The van der Waals surface area contributed by atoms with E-state index in [1.165, 1.54) is 6.07 Å². The summed E-state index contributed by atoms with van der Waals surface area (Å²) in [5, 5.41) is 4.39. The molecule has 0 atom stereocenters. The summed E-state index contributed by atoms with van der Waals surface area (Å²) in [6.07, 6.45) is -2.37. The highest BCUT2D eigenvalue weighted by Crippen LogP contribution is 2.30. The maximum absolute atomic E-state index is 15.1. The number of amides is 2. The Morgan fingerprint density at radius 2 is 1.56 bits per heavy atom. The third-order valence-electron chi connectivity index (χ3n) is 5.31. The molecular formula is C27H29BrFN7O5. The van der Waals surface area contributed by atoms with Crippen LogP contribution in [-0.4, -0.2) is 47.5 Å². The molecule has 0 unspecified atom stereocenters. The molecule has 2 amide bonds. The van der Waals surface area contributed by atoms with Gasteiger partial charge in [0.1, 0.15) is 11.2 Å².